The lowest BCUT2D eigenvalue weighted by Crippen LogP contribution is -2.45. The van der Waals surface area contributed by atoms with E-state index in [1.165, 1.54) is 0 Å². The van der Waals surface area contributed by atoms with E-state index in [0.717, 1.165) is 55.6 Å². The summed E-state index contributed by atoms with van der Waals surface area (Å²) in [6.45, 7) is 5.01. The highest BCUT2D eigenvalue weighted by Crippen LogP contribution is 2.29. The van der Waals surface area contributed by atoms with Crippen LogP contribution in [0.25, 0.3) is 0 Å². The lowest BCUT2D eigenvalue weighted by Gasteiger charge is -2.35. The molecule has 0 unspecified atom stereocenters. The fourth-order valence-electron chi connectivity index (χ4n) is 3.88. The minimum Gasteiger partial charge on any atom is -0.362 e. The van der Waals surface area contributed by atoms with E-state index in [0.29, 0.717) is 23.7 Å². The summed E-state index contributed by atoms with van der Waals surface area (Å²) in [7, 11) is 6.12. The van der Waals surface area contributed by atoms with Crippen LogP contribution in [-0.2, 0) is 13.0 Å². The highest BCUT2D eigenvalue weighted by molar-refractivity contribution is 6.33. The van der Waals surface area contributed by atoms with Crippen molar-refractivity contribution in [2.24, 2.45) is 0 Å². The fourth-order valence-corrected chi connectivity index (χ4v) is 4.10. The number of piperazine rings is 1. The zero-order valence-electron chi connectivity index (χ0n) is 17.2. The average molecular weight is 415 g/mol. The van der Waals surface area contributed by atoms with Crippen LogP contribution in [0.4, 0.5) is 11.8 Å². The third-order valence-electron chi connectivity index (χ3n) is 5.63. The molecule has 4 rings (SSSR count). The molecule has 29 heavy (non-hydrogen) atoms. The van der Waals surface area contributed by atoms with E-state index in [9.17, 15) is 4.79 Å². The van der Waals surface area contributed by atoms with Gasteiger partial charge in [0.25, 0.3) is 5.91 Å². The second-order valence-corrected chi connectivity index (χ2v) is 8.32. The summed E-state index contributed by atoms with van der Waals surface area (Å²) in [5.74, 6) is 1.64. The highest BCUT2D eigenvalue weighted by Gasteiger charge is 2.29. The molecule has 1 aromatic carbocycles. The second kappa shape index (κ2) is 8.16. The maximum absolute atomic E-state index is 13.0. The number of likely N-dealkylation sites (N-methyl/N-ethyl adjacent to an activating group) is 1. The highest BCUT2D eigenvalue weighted by atomic mass is 35.5. The maximum atomic E-state index is 13.0. The standard InChI is InChI=1S/C21H27ClN6O/c1-25(2)19-16-14-28(20(29)15-6-4-5-7-17(15)22)9-8-18(16)23-21(24-19)27-12-10-26(3)11-13-27/h4-7H,8-14H2,1-3H3. The summed E-state index contributed by atoms with van der Waals surface area (Å²) in [6.07, 6.45) is 0.718. The van der Waals surface area contributed by atoms with Crippen molar-refractivity contribution in [3.8, 4) is 0 Å². The number of hydrogen-bond acceptors (Lipinski definition) is 6. The minimum atomic E-state index is -0.0471. The molecule has 0 saturated carbocycles. The molecule has 3 heterocycles. The Hall–Kier alpha value is -2.38. The van der Waals surface area contributed by atoms with Crippen LogP contribution in [0.5, 0.6) is 0 Å². The van der Waals surface area contributed by atoms with Crippen molar-refractivity contribution in [1.82, 2.24) is 19.8 Å². The first-order chi connectivity index (χ1) is 13.9. The molecule has 8 heteroatoms. The Balaban J connectivity index is 1.62. The van der Waals surface area contributed by atoms with Crippen molar-refractivity contribution >= 4 is 29.3 Å². The largest absolute Gasteiger partial charge is 0.362 e. The summed E-state index contributed by atoms with van der Waals surface area (Å²) in [5, 5.41) is 0.484. The van der Waals surface area contributed by atoms with E-state index in [4.69, 9.17) is 21.6 Å². The van der Waals surface area contributed by atoms with Gasteiger partial charge in [0, 0.05) is 58.8 Å². The number of rotatable bonds is 3. The topological polar surface area (TPSA) is 55.8 Å². The Morgan fingerprint density at radius 2 is 1.79 bits per heavy atom. The molecule has 154 valence electrons. The SMILES string of the molecule is CN1CCN(c2nc3c(c(N(C)C)n2)CN(C(=O)c2ccccc2Cl)CC3)CC1. The number of carbonyl (C=O) groups excluding carboxylic acids is 1. The molecule has 7 nitrogen and oxygen atoms in total. The number of nitrogens with zero attached hydrogens (tertiary/aromatic N) is 6. The number of amides is 1. The normalized spacial score (nSPS) is 17.2. The van der Waals surface area contributed by atoms with Crippen LogP contribution in [-0.4, -0.2) is 79.5 Å². The quantitative estimate of drug-likeness (QED) is 0.767. The number of hydrogen-bond donors (Lipinski definition) is 0. The van der Waals surface area contributed by atoms with Crippen LogP contribution < -0.4 is 9.80 Å². The number of fused-ring (bicyclic) bond motifs is 1. The first kappa shape index (κ1) is 19.9. The van der Waals surface area contributed by atoms with Crippen LogP contribution in [0.3, 0.4) is 0 Å². The average Bonchev–Trinajstić information content (AvgIpc) is 2.73. The summed E-state index contributed by atoms with van der Waals surface area (Å²) < 4.78 is 0. The molecule has 0 N–H and O–H groups in total. The third kappa shape index (κ3) is 4.02. The van der Waals surface area contributed by atoms with Crippen molar-refractivity contribution in [2.45, 2.75) is 13.0 Å². The molecular weight excluding hydrogens is 388 g/mol. The van der Waals surface area contributed by atoms with Gasteiger partial charge in [0.05, 0.1) is 22.8 Å². The van der Waals surface area contributed by atoms with Gasteiger partial charge < -0.3 is 19.6 Å². The molecule has 0 spiro atoms. The molecule has 1 amide bonds. The molecular formula is C21H27ClN6O. The van der Waals surface area contributed by atoms with Gasteiger partial charge in [-0.15, -0.1) is 0 Å². The van der Waals surface area contributed by atoms with E-state index < -0.39 is 0 Å². The van der Waals surface area contributed by atoms with Gasteiger partial charge in [0.2, 0.25) is 5.95 Å². The Bertz CT molecular complexity index is 910. The molecule has 1 aromatic heterocycles. The monoisotopic (exact) mass is 414 g/mol. The van der Waals surface area contributed by atoms with Crippen molar-refractivity contribution < 1.29 is 4.79 Å². The Kier molecular flexibility index (Phi) is 5.61. The fraction of sp³-hybridized carbons (Fsp3) is 0.476. The van der Waals surface area contributed by atoms with E-state index in [-0.39, 0.29) is 5.91 Å². The van der Waals surface area contributed by atoms with Crippen LogP contribution in [0.2, 0.25) is 5.02 Å². The van der Waals surface area contributed by atoms with Crippen molar-refractivity contribution in [3.05, 3.63) is 46.1 Å². The van der Waals surface area contributed by atoms with Gasteiger partial charge in [-0.3, -0.25) is 4.79 Å². The zero-order valence-corrected chi connectivity index (χ0v) is 18.0. The van der Waals surface area contributed by atoms with E-state index in [1.807, 2.05) is 36.0 Å². The Labute approximate surface area is 176 Å². The lowest BCUT2D eigenvalue weighted by molar-refractivity contribution is 0.0734. The Morgan fingerprint density at radius 3 is 2.48 bits per heavy atom. The van der Waals surface area contributed by atoms with E-state index in [2.05, 4.69) is 16.8 Å². The summed E-state index contributed by atoms with van der Waals surface area (Å²) in [6, 6.07) is 7.21. The minimum absolute atomic E-state index is 0.0471. The van der Waals surface area contributed by atoms with Gasteiger partial charge in [-0.2, -0.15) is 4.98 Å². The molecule has 1 fully saturated rings. The summed E-state index contributed by atoms with van der Waals surface area (Å²) in [4.78, 5) is 31.2. The van der Waals surface area contributed by atoms with Crippen LogP contribution in [0, 0.1) is 0 Å². The van der Waals surface area contributed by atoms with Gasteiger partial charge >= 0.3 is 0 Å². The first-order valence-electron chi connectivity index (χ1n) is 9.98. The summed E-state index contributed by atoms with van der Waals surface area (Å²) in [5.41, 5.74) is 2.61. The molecule has 2 aliphatic rings. The summed E-state index contributed by atoms with van der Waals surface area (Å²) >= 11 is 6.25. The number of halogens is 1. The van der Waals surface area contributed by atoms with Crippen molar-refractivity contribution in [3.63, 3.8) is 0 Å². The van der Waals surface area contributed by atoms with Gasteiger partial charge in [-0.25, -0.2) is 4.98 Å². The molecule has 0 radical (unpaired) electrons. The van der Waals surface area contributed by atoms with Crippen LogP contribution >= 0.6 is 11.6 Å². The number of anilines is 2. The molecule has 0 atom stereocenters. The van der Waals surface area contributed by atoms with E-state index >= 15 is 0 Å². The van der Waals surface area contributed by atoms with E-state index in [1.54, 1.807) is 12.1 Å². The number of benzene rings is 1. The third-order valence-corrected chi connectivity index (χ3v) is 5.96. The lowest BCUT2D eigenvalue weighted by atomic mass is 10.0. The van der Waals surface area contributed by atoms with Crippen LogP contribution in [0.1, 0.15) is 21.6 Å². The molecule has 1 saturated heterocycles. The number of carbonyl (C=O) groups is 1. The Morgan fingerprint density at radius 1 is 1.07 bits per heavy atom. The van der Waals surface area contributed by atoms with Gasteiger partial charge in [-0.1, -0.05) is 23.7 Å². The van der Waals surface area contributed by atoms with Gasteiger partial charge in [-0.05, 0) is 19.2 Å². The first-order valence-corrected chi connectivity index (χ1v) is 10.4. The predicted octanol–water partition coefficient (Wildman–Crippen LogP) is 2.15. The van der Waals surface area contributed by atoms with Gasteiger partial charge in [0.1, 0.15) is 5.82 Å². The molecule has 0 aliphatic carbocycles. The number of aromatic nitrogens is 2. The zero-order chi connectivity index (χ0) is 20.5. The second-order valence-electron chi connectivity index (χ2n) is 7.91. The maximum Gasteiger partial charge on any atom is 0.255 e. The van der Waals surface area contributed by atoms with Crippen molar-refractivity contribution in [2.75, 3.05) is 63.7 Å². The van der Waals surface area contributed by atoms with Crippen LogP contribution in [0.15, 0.2) is 24.3 Å². The molecule has 0 bridgehead atoms. The molecule has 2 aromatic rings. The predicted molar refractivity (Wildman–Crippen MR) is 116 cm³/mol. The van der Waals surface area contributed by atoms with Crippen molar-refractivity contribution in [1.29, 1.82) is 0 Å². The smallest absolute Gasteiger partial charge is 0.255 e. The molecule has 2 aliphatic heterocycles. The van der Waals surface area contributed by atoms with Gasteiger partial charge in [0.15, 0.2) is 0 Å².